The van der Waals surface area contributed by atoms with E-state index in [9.17, 15) is 38.1 Å². The number of nitrogens with one attached hydrogen (secondary N) is 5. The summed E-state index contributed by atoms with van der Waals surface area (Å²) in [5.41, 5.74) is 5.64. The second kappa shape index (κ2) is 80.7. The van der Waals surface area contributed by atoms with Gasteiger partial charge in [0.25, 0.3) is 0 Å². The van der Waals surface area contributed by atoms with Gasteiger partial charge in [-0.25, -0.2) is 14.4 Å². The van der Waals surface area contributed by atoms with Gasteiger partial charge < -0.3 is 77.0 Å². The molecule has 0 saturated heterocycles. The van der Waals surface area contributed by atoms with E-state index in [-0.39, 0.29) is 34.9 Å². The molecule has 24 nitrogen and oxygen atoms in total. The van der Waals surface area contributed by atoms with Crippen molar-refractivity contribution in [1.29, 1.82) is 0 Å². The van der Waals surface area contributed by atoms with Gasteiger partial charge in [-0.1, -0.05) is 299 Å². The highest BCUT2D eigenvalue weighted by Gasteiger charge is 2.23. The van der Waals surface area contributed by atoms with Crippen LogP contribution in [-0.2, 0) is 43.2 Å². The maximum absolute atomic E-state index is 12.7. The number of hydrogen-bond acceptors (Lipinski definition) is 19. The molecular weight excluding hydrogens is 1800 g/mol. The van der Waals surface area contributed by atoms with E-state index in [0.717, 1.165) is 110 Å². The molecule has 0 radical (unpaired) electrons. The van der Waals surface area contributed by atoms with E-state index in [0.29, 0.717) is 84.6 Å². The number of esters is 1. The van der Waals surface area contributed by atoms with E-state index >= 15 is 0 Å². The average molecular weight is 1980 g/mol. The quantitative estimate of drug-likeness (QED) is 0.00760. The Bertz CT molecular complexity index is 4370. The van der Waals surface area contributed by atoms with Crippen molar-refractivity contribution in [2.75, 3.05) is 81.5 Å². The Morgan fingerprint density at radius 1 is 0.345 bits per heavy atom. The first-order valence-corrected chi connectivity index (χ1v) is 54.6. The number of aryl methyl sites for hydroxylation is 4. The van der Waals surface area contributed by atoms with Crippen molar-refractivity contribution < 1.29 is 89.1 Å². The topological polar surface area (TPSA) is 308 Å². The largest absolute Gasteiger partial charge is 0.508 e. The molecule has 4 atom stereocenters. The molecule has 0 aliphatic carbocycles. The summed E-state index contributed by atoms with van der Waals surface area (Å²) in [5.74, 6) is 6.25. The molecule has 4 unspecified atom stereocenters. The van der Waals surface area contributed by atoms with E-state index in [2.05, 4.69) is 86.9 Å². The van der Waals surface area contributed by atoms with Crippen LogP contribution in [0.4, 0.5) is 32.3 Å². The number of rotatable bonds is 71. The average Bonchev–Trinajstić information content (AvgIpc) is 0.925. The van der Waals surface area contributed by atoms with Gasteiger partial charge in [0.1, 0.15) is 57.5 Å². The Morgan fingerprint density at radius 2 is 0.748 bits per heavy atom. The van der Waals surface area contributed by atoms with Crippen molar-refractivity contribution in [2.24, 2.45) is 5.92 Å². The normalized spacial score (nSPS) is 11.6. The van der Waals surface area contributed by atoms with Crippen LogP contribution in [0.25, 0.3) is 0 Å². The lowest BCUT2D eigenvalue weighted by Gasteiger charge is -2.18. The van der Waals surface area contributed by atoms with E-state index in [1.54, 1.807) is 125 Å². The van der Waals surface area contributed by atoms with Crippen molar-refractivity contribution >= 4 is 63.4 Å². The molecule has 7 aromatic rings. The zero-order chi connectivity index (χ0) is 102. The second-order valence-electron chi connectivity index (χ2n) is 35.6. The molecule has 0 aromatic heterocycles. The van der Waals surface area contributed by atoms with Crippen LogP contribution in [0.5, 0.6) is 69.0 Å². The van der Waals surface area contributed by atoms with Crippen LogP contribution in [0.3, 0.4) is 0 Å². The SMILES string of the molecule is CCCCCCC(CCCC)COC(=O)Nc1ccc(OC)c(OC)c1.CCCCCCCCCCCCC(Oc1ccc(O)c(C)c1)C(=O)OCC.CCCCCCCCCCCCOc1ccc(OS(=O)Nc2ccc(O)c(NS(=O)Oc3ccc(OCCCCCCCCCCCC)cc3)c2)cc1.CCCCCCCCOc1cc(C)c(OC)cc1C.CCc1ccc(O)c(NC(=O)NC)c1. The number of phenols is 3. The minimum atomic E-state index is -2.01. The predicted octanol–water partition coefficient (Wildman–Crippen LogP) is 31.2. The standard InChI is InChI=1S/C42H64N2O7S2.C23H38O4.C21H35NO4.C17H28O2.C10H14N2O2/c1-3-5-7-9-11-13-15-17-19-21-33-48-37-24-28-39(29-25-37)50-52(46)43-36-23-32-42(45)41(35-36)44-53(47)51-40-30-26-38(27-31-40)49-34-22-20-18-16-14-12-10-8-6-4-2;1-4-6-7-8-9-10-11-12-13-14-15-22(23(25)26-5-2)27-20-16-17-21(24)19(3)18-20;1-5-7-9-10-12-17(11-8-6-2)16-26-21(23)22-18-13-14-19(24-3)20(15-18)25-4;1-5-6-7-8-9-10-11-19-17-13-14(2)16(18-4)12-15(17)3;1-3-7-4-5-9(13)8(6-7)12-10(14)11-2/h23-32,35,43-45H,3-22,33-34H2,1-2H3;16-18,22,24H,4-15H2,1-3H3;13-15,17H,5-12,16H2,1-4H3,(H,22,23);12-13H,5-11H2,1-4H3;4-6,13H,3H2,1-2H3,(H2,11,12,14). The maximum Gasteiger partial charge on any atom is 0.411 e. The van der Waals surface area contributed by atoms with Crippen LogP contribution >= 0.6 is 0 Å². The van der Waals surface area contributed by atoms with Crippen LogP contribution in [0, 0.1) is 26.7 Å². The molecule has 8 N–H and O–H groups in total. The monoisotopic (exact) mass is 1970 g/mol. The molecule has 0 aliphatic rings. The van der Waals surface area contributed by atoms with Gasteiger partial charge in [-0.05, 0) is 229 Å². The first kappa shape index (κ1) is 123. The molecule has 0 bridgehead atoms. The molecule has 26 heteroatoms. The smallest absolute Gasteiger partial charge is 0.411 e. The van der Waals surface area contributed by atoms with Crippen LogP contribution in [0.15, 0.2) is 133 Å². The van der Waals surface area contributed by atoms with Crippen molar-refractivity contribution in [3.05, 3.63) is 156 Å². The highest BCUT2D eigenvalue weighted by atomic mass is 32.2. The number of amides is 3. The Hall–Kier alpha value is -9.95. The van der Waals surface area contributed by atoms with Gasteiger partial charge in [-0.2, -0.15) is 8.42 Å². The third kappa shape index (κ3) is 59.4. The number of hydrogen-bond donors (Lipinski definition) is 8. The molecule has 7 rings (SSSR count). The molecule has 0 fully saturated rings. The van der Waals surface area contributed by atoms with Gasteiger partial charge in [0.05, 0.1) is 71.4 Å². The number of aromatic hydroxyl groups is 3. The number of phenolic OH excluding ortho intramolecular Hbond substituents is 3. The second-order valence-corrected chi connectivity index (χ2v) is 37.3. The molecule has 0 heterocycles. The Labute approximate surface area is 842 Å². The molecule has 782 valence electrons. The van der Waals surface area contributed by atoms with Gasteiger partial charge in [0, 0.05) is 18.8 Å². The summed E-state index contributed by atoms with van der Waals surface area (Å²) in [7, 11) is 6.38. The molecule has 139 heavy (non-hydrogen) atoms. The number of ether oxygens (including phenoxy) is 9. The molecular formula is C113H179N5O19S2. The zero-order valence-electron chi connectivity index (χ0n) is 87.6. The Morgan fingerprint density at radius 3 is 1.22 bits per heavy atom. The van der Waals surface area contributed by atoms with Crippen molar-refractivity contribution in [1.82, 2.24) is 5.32 Å². The summed E-state index contributed by atoms with van der Waals surface area (Å²) >= 11 is -3.94. The van der Waals surface area contributed by atoms with Gasteiger partial charge in [-0.15, -0.1) is 0 Å². The first-order valence-electron chi connectivity index (χ1n) is 52.4. The van der Waals surface area contributed by atoms with Crippen molar-refractivity contribution in [3.63, 3.8) is 0 Å². The Kier molecular flexibility index (Phi) is 71.5. The fourth-order valence-corrected chi connectivity index (χ4v) is 16.5. The minimum Gasteiger partial charge on any atom is -0.508 e. The van der Waals surface area contributed by atoms with Gasteiger partial charge in [0.2, 0.25) is 0 Å². The summed E-state index contributed by atoms with van der Waals surface area (Å²) in [5, 5.41) is 37.1. The Balaban J connectivity index is 0.000000487. The number of methoxy groups -OCH3 is 3. The lowest BCUT2D eigenvalue weighted by Crippen LogP contribution is -2.29. The summed E-state index contributed by atoms with van der Waals surface area (Å²) in [4.78, 5) is 35.3. The molecule has 0 aliphatic heterocycles. The highest BCUT2D eigenvalue weighted by molar-refractivity contribution is 7.82. The third-order valence-corrected chi connectivity index (χ3v) is 25.1. The number of benzene rings is 7. The van der Waals surface area contributed by atoms with Crippen LogP contribution < -0.4 is 66.9 Å². The fourth-order valence-electron chi connectivity index (χ4n) is 15.2. The maximum atomic E-state index is 12.7. The zero-order valence-corrected chi connectivity index (χ0v) is 89.2. The van der Waals surface area contributed by atoms with Crippen LogP contribution in [0.1, 0.15) is 367 Å². The van der Waals surface area contributed by atoms with E-state index < -0.39 is 34.7 Å². The van der Waals surface area contributed by atoms with Crippen molar-refractivity contribution in [2.45, 2.75) is 378 Å². The summed E-state index contributed by atoms with van der Waals surface area (Å²) in [6.07, 6.45) is 56.0. The lowest BCUT2D eigenvalue weighted by atomic mass is 9.96. The van der Waals surface area contributed by atoms with Gasteiger partial charge >= 0.3 is 40.6 Å². The molecule has 7 aromatic carbocycles. The van der Waals surface area contributed by atoms with Gasteiger partial charge in [0.15, 0.2) is 17.6 Å². The first-order chi connectivity index (χ1) is 67.5. The van der Waals surface area contributed by atoms with Crippen LogP contribution in [0.2, 0.25) is 0 Å². The predicted molar refractivity (Wildman–Crippen MR) is 574 cm³/mol. The summed E-state index contributed by atoms with van der Waals surface area (Å²) in [6.45, 7) is 26.1. The lowest BCUT2D eigenvalue weighted by molar-refractivity contribution is -0.151. The van der Waals surface area contributed by atoms with Crippen molar-refractivity contribution in [3.8, 4) is 69.0 Å². The third-order valence-electron chi connectivity index (χ3n) is 23.6. The molecule has 0 saturated carbocycles. The number of anilines is 4. The summed E-state index contributed by atoms with van der Waals surface area (Å²) in [6, 6.07) is 37.5. The van der Waals surface area contributed by atoms with E-state index in [1.807, 2.05) is 26.0 Å². The number of carbonyl (C=O) groups excluding carboxylic acids is 3. The summed E-state index contributed by atoms with van der Waals surface area (Å²) < 4.78 is 91.6. The van der Waals surface area contributed by atoms with Gasteiger partial charge in [-0.3, -0.25) is 14.8 Å². The van der Waals surface area contributed by atoms with E-state index in [1.165, 1.54) is 256 Å². The highest BCUT2D eigenvalue weighted by Crippen LogP contribution is 2.34. The van der Waals surface area contributed by atoms with Crippen LogP contribution in [-0.4, -0.2) is 109 Å². The number of unbranched alkanes of at least 4 members (excludes halogenated alkanes) is 36. The fraction of sp³-hybridized carbons (Fsp3) is 0.602. The number of carbonyl (C=O) groups is 3. The van der Waals surface area contributed by atoms with E-state index in [4.69, 9.17) is 51.0 Å². The minimum absolute atomic E-state index is 0.0748. The number of urea groups is 1. The molecule has 3 amide bonds. The molecule has 0 spiro atoms.